The number of benzene rings is 1. The molecule has 5 nitrogen and oxygen atoms in total. The summed E-state index contributed by atoms with van der Waals surface area (Å²) in [5.41, 5.74) is 7.05. The van der Waals surface area contributed by atoms with Gasteiger partial charge in [0.25, 0.3) is 0 Å². The lowest BCUT2D eigenvalue weighted by Gasteiger charge is -2.32. The predicted molar refractivity (Wildman–Crippen MR) is 107 cm³/mol. The second-order valence-corrected chi connectivity index (χ2v) is 5.73. The highest BCUT2D eigenvalue weighted by Crippen LogP contribution is 2.02. The molecule has 0 unspecified atom stereocenters. The average Bonchev–Trinajstić information content (AvgIpc) is 2.50. The Hall–Kier alpha value is -0.560. The molecule has 1 aliphatic rings. The fourth-order valence-electron chi connectivity index (χ4n) is 2.50. The number of piperazine rings is 1. The summed E-state index contributed by atoms with van der Waals surface area (Å²) in [4.78, 5) is 16.7. The summed E-state index contributed by atoms with van der Waals surface area (Å²) in [5, 5.41) is 2.94. The van der Waals surface area contributed by atoms with Gasteiger partial charge in [-0.15, -0.1) is 37.2 Å². The highest BCUT2D eigenvalue weighted by molar-refractivity contribution is 5.86. The standard InChI is InChI=1S/C16H26N4O.3ClH/c1-19-9-11-20(12-10-19)8-7-18-16(21)15(17)13-14-5-3-2-4-6-14;;;/h2-6,15H,7-13,17H2,1H3,(H,18,21);3*1H/t15-;;;/m0.../s1. The van der Waals surface area contributed by atoms with Crippen molar-refractivity contribution in [3.8, 4) is 0 Å². The zero-order valence-electron chi connectivity index (χ0n) is 14.0. The summed E-state index contributed by atoms with van der Waals surface area (Å²) in [6.45, 7) is 5.91. The van der Waals surface area contributed by atoms with Gasteiger partial charge in [-0.05, 0) is 19.0 Å². The Balaban J connectivity index is 0. The van der Waals surface area contributed by atoms with Crippen LogP contribution in [0.15, 0.2) is 30.3 Å². The Labute approximate surface area is 163 Å². The minimum atomic E-state index is -0.472. The van der Waals surface area contributed by atoms with Crippen LogP contribution in [-0.4, -0.2) is 68.1 Å². The van der Waals surface area contributed by atoms with Crippen LogP contribution in [0.2, 0.25) is 0 Å². The lowest BCUT2D eigenvalue weighted by molar-refractivity contribution is -0.122. The largest absolute Gasteiger partial charge is 0.353 e. The summed E-state index contributed by atoms with van der Waals surface area (Å²) in [6, 6.07) is 9.42. The number of carbonyl (C=O) groups is 1. The van der Waals surface area contributed by atoms with Crippen molar-refractivity contribution in [2.24, 2.45) is 5.73 Å². The Kier molecular flexibility index (Phi) is 14.7. The first-order chi connectivity index (χ1) is 10.1. The number of nitrogens with one attached hydrogen (secondary N) is 1. The Morgan fingerprint density at radius 1 is 1.12 bits per heavy atom. The molecule has 1 amide bonds. The number of nitrogens with zero attached hydrogens (tertiary/aromatic N) is 2. The van der Waals surface area contributed by atoms with Crippen LogP contribution < -0.4 is 11.1 Å². The smallest absolute Gasteiger partial charge is 0.237 e. The molecule has 8 heteroatoms. The van der Waals surface area contributed by atoms with Gasteiger partial charge in [0.15, 0.2) is 0 Å². The summed E-state index contributed by atoms with van der Waals surface area (Å²) in [6.07, 6.45) is 0.585. The minimum absolute atomic E-state index is 0. The molecule has 0 saturated carbocycles. The molecular weight excluding hydrogens is 371 g/mol. The highest BCUT2D eigenvalue weighted by Gasteiger charge is 2.16. The van der Waals surface area contributed by atoms with E-state index in [9.17, 15) is 4.79 Å². The predicted octanol–water partition coefficient (Wildman–Crippen LogP) is 1.19. The van der Waals surface area contributed by atoms with E-state index < -0.39 is 6.04 Å². The van der Waals surface area contributed by atoms with E-state index >= 15 is 0 Å². The van der Waals surface area contributed by atoms with Gasteiger partial charge in [0.1, 0.15) is 0 Å². The van der Waals surface area contributed by atoms with Crippen molar-refractivity contribution in [1.29, 1.82) is 0 Å². The molecule has 0 bridgehead atoms. The summed E-state index contributed by atoms with van der Waals surface area (Å²) < 4.78 is 0. The molecular formula is C16H29Cl3N4O. The average molecular weight is 400 g/mol. The number of rotatable bonds is 6. The number of hydrogen-bond donors (Lipinski definition) is 2. The summed E-state index contributed by atoms with van der Waals surface area (Å²) in [7, 11) is 2.14. The molecule has 24 heavy (non-hydrogen) atoms. The third-order valence-electron chi connectivity index (χ3n) is 3.96. The van der Waals surface area contributed by atoms with Crippen LogP contribution in [0.5, 0.6) is 0 Å². The maximum absolute atomic E-state index is 12.0. The van der Waals surface area contributed by atoms with Crippen LogP contribution in [0, 0.1) is 0 Å². The molecule has 0 spiro atoms. The Morgan fingerprint density at radius 2 is 1.71 bits per heavy atom. The molecule has 1 fully saturated rings. The minimum Gasteiger partial charge on any atom is -0.353 e. The van der Waals surface area contributed by atoms with E-state index in [1.807, 2.05) is 30.3 Å². The molecule has 1 aromatic carbocycles. The van der Waals surface area contributed by atoms with Crippen LogP contribution in [0.4, 0.5) is 0 Å². The van der Waals surface area contributed by atoms with Crippen molar-refractivity contribution in [3.63, 3.8) is 0 Å². The first-order valence-corrected chi connectivity index (χ1v) is 7.63. The van der Waals surface area contributed by atoms with E-state index in [2.05, 4.69) is 22.2 Å². The number of amides is 1. The number of halogens is 3. The van der Waals surface area contributed by atoms with Crippen molar-refractivity contribution in [1.82, 2.24) is 15.1 Å². The van der Waals surface area contributed by atoms with E-state index in [1.165, 1.54) is 0 Å². The number of likely N-dealkylation sites (N-methyl/N-ethyl adjacent to an activating group) is 1. The number of carbonyl (C=O) groups excluding carboxylic acids is 1. The Morgan fingerprint density at radius 3 is 2.29 bits per heavy atom. The molecule has 2 rings (SSSR count). The molecule has 1 heterocycles. The van der Waals surface area contributed by atoms with Gasteiger partial charge >= 0.3 is 0 Å². The van der Waals surface area contributed by atoms with Crippen molar-refractivity contribution in [3.05, 3.63) is 35.9 Å². The zero-order chi connectivity index (χ0) is 15.1. The highest BCUT2D eigenvalue weighted by atomic mass is 35.5. The molecule has 3 N–H and O–H groups in total. The van der Waals surface area contributed by atoms with Gasteiger partial charge in [0.05, 0.1) is 6.04 Å². The second-order valence-electron chi connectivity index (χ2n) is 5.73. The van der Waals surface area contributed by atoms with Gasteiger partial charge in [-0.2, -0.15) is 0 Å². The monoisotopic (exact) mass is 398 g/mol. The third kappa shape index (κ3) is 9.06. The van der Waals surface area contributed by atoms with E-state index in [4.69, 9.17) is 5.73 Å². The molecule has 1 aromatic rings. The van der Waals surface area contributed by atoms with E-state index in [0.717, 1.165) is 38.3 Å². The van der Waals surface area contributed by atoms with Gasteiger partial charge in [0.2, 0.25) is 5.91 Å². The molecule has 1 atom stereocenters. The van der Waals surface area contributed by atoms with Gasteiger partial charge in [-0.25, -0.2) is 0 Å². The summed E-state index contributed by atoms with van der Waals surface area (Å²) in [5.74, 6) is -0.0621. The molecule has 1 saturated heterocycles. The molecule has 0 aliphatic carbocycles. The lowest BCUT2D eigenvalue weighted by Crippen LogP contribution is -2.48. The first-order valence-electron chi connectivity index (χ1n) is 7.63. The van der Waals surface area contributed by atoms with Crippen molar-refractivity contribution < 1.29 is 4.79 Å². The molecule has 1 aliphatic heterocycles. The van der Waals surface area contributed by atoms with Gasteiger partial charge in [-0.1, -0.05) is 30.3 Å². The quantitative estimate of drug-likeness (QED) is 0.754. The van der Waals surface area contributed by atoms with E-state index in [-0.39, 0.29) is 43.1 Å². The van der Waals surface area contributed by atoms with E-state index in [1.54, 1.807) is 0 Å². The fraction of sp³-hybridized carbons (Fsp3) is 0.562. The van der Waals surface area contributed by atoms with Crippen LogP contribution in [-0.2, 0) is 11.2 Å². The number of nitrogens with two attached hydrogens (primary N) is 1. The zero-order valence-corrected chi connectivity index (χ0v) is 16.5. The molecule has 0 aromatic heterocycles. The number of hydrogen-bond acceptors (Lipinski definition) is 4. The normalized spacial score (nSPS) is 16.1. The van der Waals surface area contributed by atoms with Crippen LogP contribution >= 0.6 is 37.2 Å². The molecule has 0 radical (unpaired) electrons. The van der Waals surface area contributed by atoms with Crippen molar-refractivity contribution in [2.45, 2.75) is 12.5 Å². The van der Waals surface area contributed by atoms with Crippen molar-refractivity contribution in [2.75, 3.05) is 46.3 Å². The lowest BCUT2D eigenvalue weighted by atomic mass is 10.1. The van der Waals surface area contributed by atoms with Crippen LogP contribution in [0.25, 0.3) is 0 Å². The SMILES string of the molecule is CN1CCN(CCNC(=O)[C@@H](N)Cc2ccccc2)CC1.Cl.Cl.Cl. The third-order valence-corrected chi connectivity index (χ3v) is 3.96. The summed E-state index contributed by atoms with van der Waals surface area (Å²) >= 11 is 0. The second kappa shape index (κ2) is 13.7. The van der Waals surface area contributed by atoms with Crippen LogP contribution in [0.1, 0.15) is 5.56 Å². The topological polar surface area (TPSA) is 61.6 Å². The first kappa shape index (κ1) is 25.7. The maximum atomic E-state index is 12.0. The van der Waals surface area contributed by atoms with Gasteiger partial charge in [0, 0.05) is 39.3 Å². The fourth-order valence-corrected chi connectivity index (χ4v) is 2.50. The van der Waals surface area contributed by atoms with E-state index in [0.29, 0.717) is 13.0 Å². The van der Waals surface area contributed by atoms with Gasteiger partial charge in [-0.3, -0.25) is 9.69 Å². The van der Waals surface area contributed by atoms with Gasteiger partial charge < -0.3 is 16.0 Å². The Bertz CT molecular complexity index is 442. The maximum Gasteiger partial charge on any atom is 0.237 e. The molecule has 140 valence electrons. The van der Waals surface area contributed by atoms with Crippen LogP contribution in [0.3, 0.4) is 0 Å². The van der Waals surface area contributed by atoms with Crippen molar-refractivity contribution >= 4 is 43.1 Å².